The van der Waals surface area contributed by atoms with Crippen molar-refractivity contribution >= 4 is 29.1 Å². The minimum Gasteiger partial charge on any atom is -0.380 e. The molecule has 0 unspecified atom stereocenters. The topological polar surface area (TPSA) is 49.4 Å². The van der Waals surface area contributed by atoms with Crippen molar-refractivity contribution in [2.24, 2.45) is 0 Å². The Kier molecular flexibility index (Phi) is 2.90. The Morgan fingerprint density at radius 3 is 2.65 bits per heavy atom. The Balaban J connectivity index is 2.30. The van der Waals surface area contributed by atoms with E-state index in [1.807, 2.05) is 0 Å². The molecule has 5 heteroatoms. The van der Waals surface area contributed by atoms with Gasteiger partial charge in [0.25, 0.3) is 11.8 Å². The predicted octanol–water partition coefficient (Wildman–Crippen LogP) is 2.08. The summed E-state index contributed by atoms with van der Waals surface area (Å²) in [4.78, 5) is 24.5. The highest BCUT2D eigenvalue weighted by molar-refractivity contribution is 6.29. The second-order valence-electron chi connectivity index (χ2n) is 3.80. The third-order valence-electron chi connectivity index (χ3n) is 2.57. The molecule has 0 saturated heterocycles. The highest BCUT2D eigenvalue weighted by atomic mass is 35.5. The molecule has 88 valence electrons. The van der Waals surface area contributed by atoms with E-state index in [4.69, 9.17) is 11.6 Å². The first-order chi connectivity index (χ1) is 8.00. The summed E-state index contributed by atoms with van der Waals surface area (Å²) in [6.07, 6.45) is 0. The standard InChI is InChI=1S/C12H11ClN2O2/c1-7(13)6-14-8-3-4-9-10(5-8)12(17)15(2)11(9)16/h3-5,14H,1,6H2,2H3. The zero-order chi connectivity index (χ0) is 12.6. The molecule has 17 heavy (non-hydrogen) atoms. The van der Waals surface area contributed by atoms with Crippen LogP contribution in [0.2, 0.25) is 0 Å². The number of nitrogens with one attached hydrogen (secondary N) is 1. The molecule has 1 aromatic rings. The second kappa shape index (κ2) is 4.22. The van der Waals surface area contributed by atoms with Crippen LogP contribution in [-0.4, -0.2) is 30.3 Å². The average molecular weight is 251 g/mol. The van der Waals surface area contributed by atoms with E-state index in [-0.39, 0.29) is 11.8 Å². The molecule has 1 heterocycles. The fourth-order valence-corrected chi connectivity index (χ4v) is 1.74. The molecule has 0 bridgehead atoms. The van der Waals surface area contributed by atoms with Crippen molar-refractivity contribution in [1.29, 1.82) is 0 Å². The van der Waals surface area contributed by atoms with Crippen LogP contribution >= 0.6 is 11.6 Å². The van der Waals surface area contributed by atoms with Crippen LogP contribution in [0.3, 0.4) is 0 Å². The summed E-state index contributed by atoms with van der Waals surface area (Å²) >= 11 is 5.63. The van der Waals surface area contributed by atoms with Gasteiger partial charge in [-0.3, -0.25) is 14.5 Å². The van der Waals surface area contributed by atoms with Crippen LogP contribution in [0.1, 0.15) is 20.7 Å². The number of carbonyl (C=O) groups excluding carboxylic acids is 2. The smallest absolute Gasteiger partial charge is 0.261 e. The molecular weight excluding hydrogens is 240 g/mol. The summed E-state index contributed by atoms with van der Waals surface area (Å²) in [7, 11) is 1.47. The van der Waals surface area contributed by atoms with E-state index in [0.717, 1.165) is 10.6 Å². The van der Waals surface area contributed by atoms with Gasteiger partial charge in [0.05, 0.1) is 17.7 Å². The van der Waals surface area contributed by atoms with Gasteiger partial charge in [0.1, 0.15) is 0 Å². The van der Waals surface area contributed by atoms with E-state index >= 15 is 0 Å². The molecule has 0 spiro atoms. The summed E-state index contributed by atoms with van der Waals surface area (Å²) < 4.78 is 0. The van der Waals surface area contributed by atoms with Crippen LogP contribution in [0.5, 0.6) is 0 Å². The van der Waals surface area contributed by atoms with Crippen LogP contribution in [0, 0.1) is 0 Å². The summed E-state index contributed by atoms with van der Waals surface area (Å²) in [6, 6.07) is 5.03. The molecule has 2 rings (SSSR count). The number of halogens is 1. The van der Waals surface area contributed by atoms with E-state index in [1.165, 1.54) is 7.05 Å². The number of benzene rings is 1. The van der Waals surface area contributed by atoms with Crippen LogP contribution in [0.4, 0.5) is 5.69 Å². The summed E-state index contributed by atoms with van der Waals surface area (Å²) in [5.41, 5.74) is 1.59. The number of carbonyl (C=O) groups is 2. The maximum Gasteiger partial charge on any atom is 0.261 e. The Labute approximate surface area is 104 Å². The molecular formula is C12H11ClN2O2. The number of fused-ring (bicyclic) bond motifs is 1. The first kappa shape index (κ1) is 11.7. The minimum atomic E-state index is -0.279. The fourth-order valence-electron chi connectivity index (χ4n) is 1.67. The van der Waals surface area contributed by atoms with Gasteiger partial charge in [0, 0.05) is 17.8 Å². The fraction of sp³-hybridized carbons (Fsp3) is 0.167. The largest absolute Gasteiger partial charge is 0.380 e. The van der Waals surface area contributed by atoms with Gasteiger partial charge in [-0.25, -0.2) is 0 Å². The summed E-state index contributed by atoms with van der Waals surface area (Å²) in [5.74, 6) is -0.545. The summed E-state index contributed by atoms with van der Waals surface area (Å²) in [5, 5.41) is 3.49. The van der Waals surface area contributed by atoms with Crippen LogP contribution < -0.4 is 5.32 Å². The van der Waals surface area contributed by atoms with E-state index in [0.29, 0.717) is 22.7 Å². The lowest BCUT2D eigenvalue weighted by Crippen LogP contribution is -2.24. The molecule has 0 aromatic heterocycles. The average Bonchev–Trinajstić information content (AvgIpc) is 2.52. The molecule has 0 fully saturated rings. The van der Waals surface area contributed by atoms with E-state index in [2.05, 4.69) is 11.9 Å². The molecule has 0 radical (unpaired) electrons. The molecule has 0 aliphatic carbocycles. The van der Waals surface area contributed by atoms with Crippen LogP contribution in [-0.2, 0) is 0 Å². The number of hydrogen-bond acceptors (Lipinski definition) is 3. The molecule has 1 N–H and O–H groups in total. The first-order valence-corrected chi connectivity index (χ1v) is 5.42. The molecule has 4 nitrogen and oxygen atoms in total. The molecule has 1 aliphatic heterocycles. The van der Waals surface area contributed by atoms with E-state index in [1.54, 1.807) is 18.2 Å². The summed E-state index contributed by atoms with van der Waals surface area (Å²) in [6.45, 7) is 3.97. The van der Waals surface area contributed by atoms with E-state index < -0.39 is 0 Å². The molecule has 0 atom stereocenters. The molecule has 1 aromatic carbocycles. The van der Waals surface area contributed by atoms with E-state index in [9.17, 15) is 9.59 Å². The van der Waals surface area contributed by atoms with Gasteiger partial charge in [0.2, 0.25) is 0 Å². The zero-order valence-corrected chi connectivity index (χ0v) is 10.0. The van der Waals surface area contributed by atoms with Crippen molar-refractivity contribution in [3.8, 4) is 0 Å². The highest BCUT2D eigenvalue weighted by Crippen LogP contribution is 2.24. The molecule has 1 aliphatic rings. The second-order valence-corrected chi connectivity index (χ2v) is 4.34. The van der Waals surface area contributed by atoms with Gasteiger partial charge >= 0.3 is 0 Å². The minimum absolute atomic E-state index is 0.265. The van der Waals surface area contributed by atoms with Crippen LogP contribution in [0.25, 0.3) is 0 Å². The van der Waals surface area contributed by atoms with Gasteiger partial charge in [-0.15, -0.1) is 0 Å². The van der Waals surface area contributed by atoms with Crippen molar-refractivity contribution < 1.29 is 9.59 Å². The van der Waals surface area contributed by atoms with Crippen LogP contribution in [0.15, 0.2) is 29.8 Å². The maximum absolute atomic E-state index is 11.7. The number of anilines is 1. The number of imide groups is 1. The Bertz CT molecular complexity index is 525. The monoisotopic (exact) mass is 250 g/mol. The SMILES string of the molecule is C=C(Cl)CNc1ccc2c(c1)C(=O)N(C)C2=O. The van der Waals surface area contributed by atoms with Crippen molar-refractivity contribution in [2.45, 2.75) is 0 Å². The third kappa shape index (κ3) is 2.03. The lowest BCUT2D eigenvalue weighted by molar-refractivity contribution is 0.0693. The van der Waals surface area contributed by atoms with Crippen molar-refractivity contribution in [1.82, 2.24) is 4.90 Å². The first-order valence-electron chi connectivity index (χ1n) is 5.04. The third-order valence-corrected chi connectivity index (χ3v) is 2.71. The Morgan fingerprint density at radius 1 is 1.35 bits per heavy atom. The van der Waals surface area contributed by atoms with Gasteiger partial charge in [-0.2, -0.15) is 0 Å². The maximum atomic E-state index is 11.7. The number of rotatable bonds is 3. The van der Waals surface area contributed by atoms with Crippen molar-refractivity contribution in [2.75, 3.05) is 18.9 Å². The predicted molar refractivity (Wildman–Crippen MR) is 66.3 cm³/mol. The van der Waals surface area contributed by atoms with Gasteiger partial charge in [-0.05, 0) is 18.2 Å². The lowest BCUT2D eigenvalue weighted by atomic mass is 10.1. The normalized spacial score (nSPS) is 13.9. The van der Waals surface area contributed by atoms with Crippen molar-refractivity contribution in [3.05, 3.63) is 40.9 Å². The van der Waals surface area contributed by atoms with Gasteiger partial charge in [-0.1, -0.05) is 18.2 Å². The lowest BCUT2D eigenvalue weighted by Gasteiger charge is -2.05. The Hall–Kier alpha value is -1.81. The highest BCUT2D eigenvalue weighted by Gasteiger charge is 2.32. The van der Waals surface area contributed by atoms with Crippen molar-refractivity contribution in [3.63, 3.8) is 0 Å². The Morgan fingerprint density at radius 2 is 2.00 bits per heavy atom. The van der Waals surface area contributed by atoms with Gasteiger partial charge in [0.15, 0.2) is 0 Å². The number of amides is 2. The molecule has 2 amide bonds. The number of nitrogens with zero attached hydrogens (tertiary/aromatic N) is 1. The zero-order valence-electron chi connectivity index (χ0n) is 9.29. The van der Waals surface area contributed by atoms with Gasteiger partial charge < -0.3 is 5.32 Å². The quantitative estimate of drug-likeness (QED) is 0.836. The number of hydrogen-bond donors (Lipinski definition) is 1. The molecule has 0 saturated carbocycles.